The molecule has 28 nitrogen and oxygen atoms in total. The van der Waals surface area contributed by atoms with E-state index in [0.29, 0.717) is 33.3 Å². The van der Waals surface area contributed by atoms with Crippen molar-refractivity contribution in [3.05, 3.63) is 118 Å². The second-order valence-electron chi connectivity index (χ2n) is 23.4. The fourth-order valence-corrected chi connectivity index (χ4v) is 9.80. The number of esters is 1. The summed E-state index contributed by atoms with van der Waals surface area (Å²) >= 11 is 0. The average Bonchev–Trinajstić information content (AvgIpc) is 1.61. The van der Waals surface area contributed by atoms with Crippen LogP contribution in [0, 0.1) is 39.5 Å². The number of ketones is 1. The molecule has 92 heavy (non-hydrogen) atoms. The quantitative estimate of drug-likeness (QED) is 0.0289. The molecular formula is C64H78N10O18. The van der Waals surface area contributed by atoms with E-state index in [1.54, 1.807) is 84.9 Å². The van der Waals surface area contributed by atoms with Gasteiger partial charge in [-0.15, -0.1) is 0 Å². The summed E-state index contributed by atoms with van der Waals surface area (Å²) in [5.74, 6) is -12.0. The third kappa shape index (κ3) is 18.2. The number of carbonyl (C=O) groups excluding carboxylic acids is 10. The zero-order chi connectivity index (χ0) is 68.2. The van der Waals surface area contributed by atoms with Crippen molar-refractivity contribution in [1.82, 2.24) is 52.5 Å². The molecule has 8 amide bonds. The normalized spacial score (nSPS) is 16.7. The van der Waals surface area contributed by atoms with E-state index < -0.39 is 137 Å². The van der Waals surface area contributed by atoms with Crippen LogP contribution in [0.2, 0.25) is 0 Å². The van der Waals surface area contributed by atoms with E-state index >= 15 is 0 Å². The van der Waals surface area contributed by atoms with Crippen LogP contribution in [0.25, 0.3) is 22.2 Å². The van der Waals surface area contributed by atoms with Gasteiger partial charge < -0.3 is 76.5 Å². The van der Waals surface area contributed by atoms with E-state index in [1.807, 2.05) is 19.1 Å². The Bertz CT molecular complexity index is 3690. The van der Waals surface area contributed by atoms with Gasteiger partial charge in [0.25, 0.3) is 11.8 Å². The number of cyclic esters (lactones) is 1. The van der Waals surface area contributed by atoms with E-state index in [0.717, 1.165) is 22.3 Å². The number of carbonyl (C=O) groups is 11. The number of phenolic OH excluding ortho intramolecular Hbond substituents is 2. The summed E-state index contributed by atoms with van der Waals surface area (Å²) in [7, 11) is 0. The van der Waals surface area contributed by atoms with Gasteiger partial charge in [-0.05, 0) is 111 Å². The largest absolute Gasteiger partial charge is 0.508 e. The molecule has 1 aliphatic rings. The van der Waals surface area contributed by atoms with Crippen molar-refractivity contribution in [2.45, 2.75) is 163 Å². The lowest BCUT2D eigenvalue weighted by Gasteiger charge is -2.28. The van der Waals surface area contributed by atoms with Gasteiger partial charge in [0.15, 0.2) is 11.2 Å². The lowest BCUT2D eigenvalue weighted by atomic mass is 10.0. The number of fused-ring (bicyclic) bond motifs is 2. The molecular weight excluding hydrogens is 1200 g/mol. The molecule has 4 aromatic carbocycles. The number of aromatic hydroxyl groups is 2. The summed E-state index contributed by atoms with van der Waals surface area (Å²) in [5.41, 5.74) is 5.99. The van der Waals surface area contributed by atoms with Crippen molar-refractivity contribution >= 4 is 87.2 Å². The number of phenols is 2. The van der Waals surface area contributed by atoms with Gasteiger partial charge in [-0.1, -0.05) is 76.2 Å². The number of hydrogen-bond acceptors (Lipinski definition) is 19. The van der Waals surface area contributed by atoms with Crippen LogP contribution in [-0.2, 0) is 71.3 Å². The highest BCUT2D eigenvalue weighted by molar-refractivity contribution is 6.03. The van der Waals surface area contributed by atoms with Crippen LogP contribution in [0.5, 0.6) is 11.5 Å². The van der Waals surface area contributed by atoms with Crippen molar-refractivity contribution in [2.75, 3.05) is 0 Å². The Hall–Kier alpha value is -10.3. The fraction of sp³-hybridized carbons (Fsp3) is 0.422. The Kier molecular flexibility index (Phi) is 23.5. The van der Waals surface area contributed by atoms with Crippen molar-refractivity contribution in [2.24, 2.45) is 11.8 Å². The molecule has 1 unspecified atom stereocenters. The van der Waals surface area contributed by atoms with Crippen LogP contribution in [0.15, 0.2) is 81.6 Å². The predicted molar refractivity (Wildman–Crippen MR) is 330 cm³/mol. The number of aromatic nitrogens is 2. The van der Waals surface area contributed by atoms with Crippen LogP contribution in [0.3, 0.4) is 0 Å². The highest BCUT2D eigenvalue weighted by Gasteiger charge is 2.55. The molecule has 3 heterocycles. The second kappa shape index (κ2) is 30.5. The topological polar surface area (TPSA) is 426 Å². The van der Waals surface area contributed by atoms with E-state index in [-0.39, 0.29) is 42.5 Å². The minimum atomic E-state index is -2.39. The van der Waals surface area contributed by atoms with Gasteiger partial charge in [-0.2, -0.15) is 0 Å². The fourth-order valence-electron chi connectivity index (χ4n) is 9.80. The standard InChI is InChI=1S/2C32H39N5O9/c1-15(2)25(36-29(42)22(34-19(6)38)13-20-9-11-21(39)12-10-20)30(43)33-18(5)28(41)35-23-14-24(40)46-32(23,44)31-37-26-16(3)7-8-17(4)27(26)45-31;1-15(2)25(36-30(44)23(34-19(6)38)13-20-9-11-21(39)12-10-20)31(45)33-18(5)29(43)35-22(14-24(40)41)27(42)32-37-26-16(3)7-8-17(4)28(26)46-32/h7-12,15,18,22-23,25,39,44H,13-14H2,1-6H3,(H,33,43)(H,34,38)(H,35,41)(H,36,42);7-12,15,18,22-23,25,39H,13-14H2,1-6H3,(H,33,45)(H,34,38)(H,35,43)(H,36,44)(H,40,41)/t18-,22-,23-,25-,32?;18-,22-,23-,25-/m00/s1. The molecule has 9 atom stereocenters. The number of nitrogens with one attached hydrogen (secondary N) is 8. The third-order valence-corrected chi connectivity index (χ3v) is 15.0. The number of ether oxygens (including phenoxy) is 1. The van der Waals surface area contributed by atoms with E-state index in [2.05, 4.69) is 52.5 Å². The van der Waals surface area contributed by atoms with Crippen LogP contribution in [0.1, 0.15) is 118 Å². The molecule has 6 aromatic rings. The lowest BCUT2D eigenvalue weighted by molar-refractivity contribution is -0.210. The number of amides is 8. The molecule has 2 aromatic heterocycles. The third-order valence-electron chi connectivity index (χ3n) is 15.0. The molecule has 28 heteroatoms. The first-order chi connectivity index (χ1) is 43.1. The Labute approximate surface area is 528 Å². The van der Waals surface area contributed by atoms with E-state index in [1.165, 1.54) is 52.0 Å². The number of carboxylic acids is 1. The Balaban J connectivity index is 0.000000292. The van der Waals surface area contributed by atoms with Crippen LogP contribution in [-0.4, -0.2) is 144 Å². The second-order valence-corrected chi connectivity index (χ2v) is 23.4. The molecule has 0 bridgehead atoms. The van der Waals surface area contributed by atoms with Gasteiger partial charge in [-0.3, -0.25) is 52.7 Å². The number of benzene rings is 4. The molecule has 0 aliphatic carbocycles. The number of nitrogens with zero attached hydrogens (tertiary/aromatic N) is 2. The number of carboxylic acid groups (broad SMARTS) is 1. The van der Waals surface area contributed by atoms with Crippen molar-refractivity contribution in [1.29, 1.82) is 0 Å². The first-order valence-corrected chi connectivity index (χ1v) is 29.5. The van der Waals surface area contributed by atoms with Crippen molar-refractivity contribution < 1.29 is 86.7 Å². The van der Waals surface area contributed by atoms with Gasteiger partial charge in [0, 0.05) is 26.7 Å². The highest BCUT2D eigenvalue weighted by Crippen LogP contribution is 2.37. The number of aliphatic hydroxyl groups is 1. The van der Waals surface area contributed by atoms with Crippen LogP contribution >= 0.6 is 0 Å². The van der Waals surface area contributed by atoms with Crippen LogP contribution in [0.4, 0.5) is 0 Å². The Morgan fingerprint density at radius 1 is 0.533 bits per heavy atom. The zero-order valence-corrected chi connectivity index (χ0v) is 52.9. The number of aryl methyl sites for hydroxylation is 4. The molecule has 1 aliphatic heterocycles. The van der Waals surface area contributed by atoms with Gasteiger partial charge in [-0.25, -0.2) is 9.97 Å². The number of hydrogen-bond donors (Lipinski definition) is 12. The maximum Gasteiger partial charge on any atom is 0.311 e. The first-order valence-electron chi connectivity index (χ1n) is 29.5. The average molecular weight is 1280 g/mol. The highest BCUT2D eigenvalue weighted by atomic mass is 16.7. The lowest BCUT2D eigenvalue weighted by Crippen LogP contribution is -2.59. The van der Waals surface area contributed by atoms with E-state index in [9.17, 15) is 73.2 Å². The maximum atomic E-state index is 13.3. The molecule has 12 N–H and O–H groups in total. The molecule has 0 saturated carbocycles. The molecule has 492 valence electrons. The van der Waals surface area contributed by atoms with Gasteiger partial charge >= 0.3 is 17.7 Å². The zero-order valence-electron chi connectivity index (χ0n) is 52.9. The van der Waals surface area contributed by atoms with Crippen molar-refractivity contribution in [3.8, 4) is 11.5 Å². The van der Waals surface area contributed by atoms with Crippen molar-refractivity contribution in [3.63, 3.8) is 0 Å². The van der Waals surface area contributed by atoms with Gasteiger partial charge in [0.05, 0.1) is 12.8 Å². The Morgan fingerprint density at radius 2 is 0.957 bits per heavy atom. The van der Waals surface area contributed by atoms with Crippen LogP contribution < -0.4 is 42.5 Å². The number of Topliss-reactive ketones (excluding diaryl/α,β-unsaturated/α-hetero) is 1. The number of rotatable bonds is 25. The van der Waals surface area contributed by atoms with Gasteiger partial charge in [0.2, 0.25) is 53.0 Å². The summed E-state index contributed by atoms with van der Waals surface area (Å²) in [6, 6.07) is 9.97. The summed E-state index contributed by atoms with van der Waals surface area (Å²) in [4.78, 5) is 149. The molecule has 7 rings (SSSR count). The number of oxazole rings is 2. The maximum absolute atomic E-state index is 13.3. The summed E-state index contributed by atoms with van der Waals surface area (Å²) in [6.07, 6.45) is -0.968. The molecule has 0 spiro atoms. The number of aliphatic carboxylic acids is 1. The summed E-state index contributed by atoms with van der Waals surface area (Å²) in [6.45, 7) is 19.2. The monoisotopic (exact) mass is 1270 g/mol. The predicted octanol–water partition coefficient (Wildman–Crippen LogP) is 2.81. The molecule has 1 saturated heterocycles. The molecule has 0 radical (unpaired) electrons. The summed E-state index contributed by atoms with van der Waals surface area (Å²) in [5, 5.41) is 60.3. The first kappa shape index (κ1) is 70.8. The summed E-state index contributed by atoms with van der Waals surface area (Å²) < 4.78 is 16.6. The minimum absolute atomic E-state index is 0.0361. The van der Waals surface area contributed by atoms with Gasteiger partial charge in [0.1, 0.15) is 70.9 Å². The van der Waals surface area contributed by atoms with E-state index in [4.69, 9.17) is 13.6 Å². The molecule has 1 fully saturated rings. The smallest absolute Gasteiger partial charge is 0.311 e. The SMILES string of the molecule is CC(=O)N[C@@H](Cc1ccc(O)cc1)C(=O)N[C@H](C(=O)N[C@@H](C)C(=O)N[C@@H](CC(=O)O)C(=O)c1nc2c(C)ccc(C)c2o1)C(C)C.CC(=O)N[C@@H](Cc1ccc(O)cc1)C(=O)N[C@H](C(=O)N[C@@H](C)C(=O)N[C@H]1CC(=O)OC1(O)c1nc2c(C)ccc(C)c2o1)C(C)C. The minimum Gasteiger partial charge on any atom is -0.508 e. The Morgan fingerprint density at radius 3 is 1.37 bits per heavy atom.